The smallest absolute Gasteiger partial charge is 0.346 e. The number of hydrogen-bond donors (Lipinski definition) is 1. The van der Waals surface area contributed by atoms with Crippen LogP contribution in [0.1, 0.15) is 47.6 Å². The summed E-state index contributed by atoms with van der Waals surface area (Å²) in [5.74, 6) is -5.85. The van der Waals surface area contributed by atoms with Gasteiger partial charge < -0.3 is 19.3 Å². The van der Waals surface area contributed by atoms with Crippen LogP contribution >= 0.6 is 11.3 Å². The second-order valence-electron chi connectivity index (χ2n) is 10.8. The van der Waals surface area contributed by atoms with Gasteiger partial charge in [0.2, 0.25) is 5.91 Å². The zero-order valence-electron chi connectivity index (χ0n) is 25.8. The third-order valence-electron chi connectivity index (χ3n) is 8.07. The number of aromatic carboxylic acids is 1. The van der Waals surface area contributed by atoms with E-state index in [0.717, 1.165) is 12.0 Å². The van der Waals surface area contributed by atoms with Crippen molar-refractivity contribution in [1.82, 2.24) is 0 Å². The first-order valence-corrected chi connectivity index (χ1v) is 15.3. The SMILES string of the molecule is COC(=O)c1c(N2C(=O)C3ON(c4cccc([N+](=O)[O-])c4)C(c4ccc(OC(=O)c5ccccc5)c(OC)c4)C3C2=O)sc(C(=O)O)c1C. The summed E-state index contributed by atoms with van der Waals surface area (Å²) in [6, 6.07) is 16.9. The third-order valence-corrected chi connectivity index (χ3v) is 9.33. The van der Waals surface area contributed by atoms with Gasteiger partial charge in [-0.3, -0.25) is 24.5 Å². The van der Waals surface area contributed by atoms with Gasteiger partial charge in [0, 0.05) is 12.1 Å². The summed E-state index contributed by atoms with van der Waals surface area (Å²) in [6.45, 7) is 1.36. The lowest BCUT2D eigenvalue weighted by molar-refractivity contribution is -0.384. The lowest BCUT2D eigenvalue weighted by Crippen LogP contribution is -2.37. The Kier molecular flexibility index (Phi) is 8.58. The first-order chi connectivity index (χ1) is 23.5. The number of benzene rings is 3. The molecule has 4 aromatic rings. The van der Waals surface area contributed by atoms with E-state index < -0.39 is 52.7 Å². The second kappa shape index (κ2) is 12.8. The number of nitro groups is 1. The highest BCUT2D eigenvalue weighted by Gasteiger charge is 2.61. The molecule has 6 rings (SSSR count). The number of carbonyl (C=O) groups excluding carboxylic acids is 4. The van der Waals surface area contributed by atoms with Crippen molar-refractivity contribution in [1.29, 1.82) is 0 Å². The molecule has 0 spiro atoms. The van der Waals surface area contributed by atoms with Crippen molar-refractivity contribution in [2.45, 2.75) is 19.1 Å². The van der Waals surface area contributed by atoms with Crippen molar-refractivity contribution in [3.8, 4) is 11.5 Å². The molecule has 15 nitrogen and oxygen atoms in total. The van der Waals surface area contributed by atoms with E-state index in [1.807, 2.05) is 0 Å². The first kappa shape index (κ1) is 32.8. The van der Waals surface area contributed by atoms with E-state index >= 15 is 0 Å². The number of thiophene rings is 1. The van der Waals surface area contributed by atoms with Crippen LogP contribution < -0.4 is 19.4 Å². The molecule has 250 valence electrons. The maximum absolute atomic E-state index is 14.3. The lowest BCUT2D eigenvalue weighted by Gasteiger charge is -2.29. The molecule has 3 aromatic carbocycles. The summed E-state index contributed by atoms with van der Waals surface area (Å²) in [7, 11) is 2.42. The van der Waals surface area contributed by atoms with Gasteiger partial charge in [0.25, 0.3) is 11.6 Å². The largest absolute Gasteiger partial charge is 0.493 e. The van der Waals surface area contributed by atoms with E-state index in [2.05, 4.69) is 0 Å². The number of non-ortho nitro benzene ring substituents is 1. The van der Waals surface area contributed by atoms with Gasteiger partial charge in [-0.25, -0.2) is 24.3 Å². The summed E-state index contributed by atoms with van der Waals surface area (Å²) >= 11 is 0.564. The molecule has 2 aliphatic heterocycles. The number of anilines is 2. The van der Waals surface area contributed by atoms with Crippen molar-refractivity contribution in [3.05, 3.63) is 110 Å². The van der Waals surface area contributed by atoms with Crippen LogP contribution in [0.2, 0.25) is 0 Å². The van der Waals surface area contributed by atoms with Crippen LogP contribution in [0.15, 0.2) is 72.8 Å². The van der Waals surface area contributed by atoms with Gasteiger partial charge in [0.1, 0.15) is 15.8 Å². The van der Waals surface area contributed by atoms with Crippen LogP contribution in [0.25, 0.3) is 0 Å². The number of nitrogens with zero attached hydrogens (tertiary/aromatic N) is 3. The Bertz CT molecular complexity index is 2050. The van der Waals surface area contributed by atoms with Gasteiger partial charge in [-0.2, -0.15) is 0 Å². The van der Waals surface area contributed by atoms with E-state index in [1.165, 1.54) is 61.6 Å². The number of hydrogen-bond acceptors (Lipinski definition) is 13. The number of nitro benzene ring substituents is 1. The fraction of sp³-hybridized carbons (Fsp3) is 0.182. The molecule has 49 heavy (non-hydrogen) atoms. The zero-order valence-corrected chi connectivity index (χ0v) is 26.7. The standard InChI is InChI=1S/C33H25N3O12S/c1-16-23(33(42)46-3)30(49-27(16)31(39)40)34-28(37)24-25(35(48-26(24)29(34)38)19-10-7-11-20(15-19)36(43)44)18-12-13-21(22(14-18)45-2)47-32(41)17-8-5-4-6-9-17/h4-15,24-26H,1-3H3,(H,39,40). The monoisotopic (exact) mass is 687 g/mol. The Morgan fingerprint density at radius 2 is 1.67 bits per heavy atom. The lowest BCUT2D eigenvalue weighted by atomic mass is 9.90. The summed E-state index contributed by atoms with van der Waals surface area (Å²) in [4.78, 5) is 83.4. The first-order valence-electron chi connectivity index (χ1n) is 14.4. The number of ether oxygens (including phenoxy) is 3. The van der Waals surface area contributed by atoms with Crippen molar-refractivity contribution in [3.63, 3.8) is 0 Å². The molecule has 1 aromatic heterocycles. The Morgan fingerprint density at radius 1 is 0.939 bits per heavy atom. The predicted octanol–water partition coefficient (Wildman–Crippen LogP) is 4.73. The number of esters is 2. The number of rotatable bonds is 9. The van der Waals surface area contributed by atoms with Crippen molar-refractivity contribution >= 4 is 57.4 Å². The molecule has 0 radical (unpaired) electrons. The van der Waals surface area contributed by atoms with Crippen molar-refractivity contribution in [2.75, 3.05) is 24.2 Å². The predicted molar refractivity (Wildman–Crippen MR) is 171 cm³/mol. The number of carboxylic acids is 1. The summed E-state index contributed by atoms with van der Waals surface area (Å²) < 4.78 is 15.9. The second-order valence-corrected chi connectivity index (χ2v) is 11.8. The number of methoxy groups -OCH3 is 2. The van der Waals surface area contributed by atoms with E-state index in [9.17, 15) is 39.2 Å². The minimum Gasteiger partial charge on any atom is -0.493 e. The summed E-state index contributed by atoms with van der Waals surface area (Å²) in [5, 5.41) is 22.3. The minimum atomic E-state index is -1.49. The Balaban J connectivity index is 1.45. The maximum Gasteiger partial charge on any atom is 0.346 e. The van der Waals surface area contributed by atoms with Crippen LogP contribution in [-0.2, 0) is 19.2 Å². The molecule has 0 aliphatic carbocycles. The van der Waals surface area contributed by atoms with Crippen LogP contribution in [0.5, 0.6) is 11.5 Å². The molecule has 2 saturated heterocycles. The topological polar surface area (TPSA) is 192 Å². The number of fused-ring (bicyclic) bond motifs is 1. The molecule has 2 aliphatic rings. The Labute approximate surface area is 280 Å². The highest BCUT2D eigenvalue weighted by atomic mass is 32.1. The molecule has 0 saturated carbocycles. The highest BCUT2D eigenvalue weighted by molar-refractivity contribution is 7.19. The Hall–Kier alpha value is -6.13. The minimum absolute atomic E-state index is 0.0121. The Morgan fingerprint density at radius 3 is 2.33 bits per heavy atom. The molecule has 3 heterocycles. The summed E-state index contributed by atoms with van der Waals surface area (Å²) in [5.41, 5.74) is 0.238. The fourth-order valence-corrected chi connectivity index (χ4v) is 6.95. The van der Waals surface area contributed by atoms with Gasteiger partial charge >= 0.3 is 17.9 Å². The molecular formula is C33H25N3O12S. The van der Waals surface area contributed by atoms with Crippen LogP contribution in [0, 0.1) is 23.0 Å². The van der Waals surface area contributed by atoms with Crippen molar-refractivity contribution in [2.24, 2.45) is 5.92 Å². The van der Waals surface area contributed by atoms with Crippen LogP contribution in [0.4, 0.5) is 16.4 Å². The number of amides is 2. The van der Waals surface area contributed by atoms with Gasteiger partial charge in [-0.05, 0) is 48.4 Å². The van der Waals surface area contributed by atoms with E-state index in [4.69, 9.17) is 19.0 Å². The average Bonchev–Trinajstić information content (AvgIpc) is 3.74. The number of carboxylic acid groups (broad SMARTS) is 1. The van der Waals surface area contributed by atoms with E-state index in [-0.39, 0.29) is 49.4 Å². The van der Waals surface area contributed by atoms with Gasteiger partial charge in [0.05, 0.1) is 42.0 Å². The van der Waals surface area contributed by atoms with E-state index in [0.29, 0.717) is 16.9 Å². The van der Waals surface area contributed by atoms with Crippen LogP contribution in [0.3, 0.4) is 0 Å². The van der Waals surface area contributed by atoms with Gasteiger partial charge in [-0.15, -0.1) is 11.3 Å². The third kappa shape index (κ3) is 5.62. The molecule has 3 atom stereocenters. The van der Waals surface area contributed by atoms with E-state index in [1.54, 1.807) is 30.3 Å². The zero-order chi connectivity index (χ0) is 35.1. The molecule has 16 heteroatoms. The van der Waals surface area contributed by atoms with Crippen molar-refractivity contribution < 1.29 is 53.1 Å². The number of carbonyl (C=O) groups is 5. The van der Waals surface area contributed by atoms with Crippen LogP contribution in [-0.4, -0.2) is 60.1 Å². The average molecular weight is 688 g/mol. The summed E-state index contributed by atoms with van der Waals surface area (Å²) in [6.07, 6.45) is -1.49. The quantitative estimate of drug-likeness (QED) is 0.0836. The van der Waals surface area contributed by atoms with Gasteiger partial charge in [0.15, 0.2) is 17.6 Å². The molecule has 0 bridgehead atoms. The number of imide groups is 1. The molecule has 1 N–H and O–H groups in total. The van der Waals surface area contributed by atoms with Gasteiger partial charge in [-0.1, -0.05) is 30.3 Å². The fourth-order valence-electron chi connectivity index (χ4n) is 5.81. The molecule has 2 fully saturated rings. The molecule has 2 amide bonds. The highest BCUT2D eigenvalue weighted by Crippen LogP contribution is 2.51. The maximum atomic E-state index is 14.3. The molecular weight excluding hydrogens is 662 g/mol. The molecule has 3 unspecified atom stereocenters. The normalized spacial score (nSPS) is 18.3. The number of hydroxylamine groups is 1.